The molecule has 0 unspecified atom stereocenters. The van der Waals surface area contributed by atoms with E-state index in [-0.39, 0.29) is 17.3 Å². The Morgan fingerprint density at radius 1 is 1.07 bits per heavy atom. The number of hydrazone groups is 1. The number of aromatic nitrogens is 1. The summed E-state index contributed by atoms with van der Waals surface area (Å²) in [6, 6.07) is 13.6. The first kappa shape index (κ1) is 21.4. The van der Waals surface area contributed by atoms with Gasteiger partial charge >= 0.3 is 0 Å². The zero-order valence-corrected chi connectivity index (χ0v) is 17.7. The number of amides is 1. The third kappa shape index (κ3) is 5.84. The maximum atomic E-state index is 12.1. The third-order valence-electron chi connectivity index (χ3n) is 3.70. The molecule has 9 heteroatoms. The molecular weight excluding hydrogens is 456 g/mol. The Bertz CT molecular complexity index is 1030. The van der Waals surface area contributed by atoms with Crippen LogP contribution in [0.2, 0.25) is 20.2 Å². The number of ether oxygens (including phenoxy) is 1. The predicted molar refractivity (Wildman–Crippen MR) is 117 cm³/mol. The molecule has 0 atom stereocenters. The van der Waals surface area contributed by atoms with Crippen LogP contribution in [-0.4, -0.2) is 17.1 Å². The molecule has 1 N–H and O–H groups in total. The van der Waals surface area contributed by atoms with Gasteiger partial charge in [-0.1, -0.05) is 58.5 Å². The zero-order valence-electron chi connectivity index (χ0n) is 14.7. The van der Waals surface area contributed by atoms with E-state index in [9.17, 15) is 4.79 Å². The highest BCUT2D eigenvalue weighted by Crippen LogP contribution is 2.34. The van der Waals surface area contributed by atoms with Crippen LogP contribution in [0.3, 0.4) is 0 Å². The second-order valence-electron chi connectivity index (χ2n) is 5.77. The van der Waals surface area contributed by atoms with E-state index < -0.39 is 5.91 Å². The maximum absolute atomic E-state index is 12.1. The quantitative estimate of drug-likeness (QED) is 0.272. The summed E-state index contributed by atoms with van der Waals surface area (Å²) in [7, 11) is 0. The van der Waals surface area contributed by atoms with E-state index in [0.717, 1.165) is 5.56 Å². The van der Waals surface area contributed by atoms with E-state index in [1.165, 1.54) is 12.4 Å². The van der Waals surface area contributed by atoms with Gasteiger partial charge in [0.25, 0.3) is 5.91 Å². The molecule has 0 spiro atoms. The van der Waals surface area contributed by atoms with E-state index in [2.05, 4.69) is 15.5 Å². The number of pyridine rings is 1. The predicted octanol–water partition coefficient (Wildman–Crippen LogP) is 6.04. The van der Waals surface area contributed by atoms with Gasteiger partial charge < -0.3 is 4.74 Å². The topological polar surface area (TPSA) is 63.6 Å². The number of nitrogens with zero attached hydrogens (tertiary/aromatic N) is 2. The molecule has 0 aliphatic carbocycles. The molecule has 0 fully saturated rings. The van der Waals surface area contributed by atoms with Crippen molar-refractivity contribution >= 4 is 58.5 Å². The minimum atomic E-state index is -0.487. The first-order chi connectivity index (χ1) is 13.9. The van der Waals surface area contributed by atoms with Crippen LogP contribution in [0.1, 0.15) is 21.5 Å². The number of hydrogen-bond acceptors (Lipinski definition) is 4. The molecule has 5 nitrogen and oxygen atoms in total. The molecule has 1 aromatic heterocycles. The summed E-state index contributed by atoms with van der Waals surface area (Å²) in [5.74, 6) is -0.133. The number of hydrogen-bond donors (Lipinski definition) is 1. The number of rotatable bonds is 6. The van der Waals surface area contributed by atoms with E-state index in [0.29, 0.717) is 26.4 Å². The van der Waals surface area contributed by atoms with Crippen molar-refractivity contribution in [1.82, 2.24) is 10.4 Å². The summed E-state index contributed by atoms with van der Waals surface area (Å²) < 4.78 is 5.72. The number of carbonyl (C=O) groups excluding carboxylic acids is 1. The summed E-state index contributed by atoms with van der Waals surface area (Å²) in [6.45, 7) is 0.284. The van der Waals surface area contributed by atoms with Gasteiger partial charge in [0.1, 0.15) is 11.8 Å². The van der Waals surface area contributed by atoms with Gasteiger partial charge in [-0.05, 0) is 47.5 Å². The lowest BCUT2D eigenvalue weighted by Crippen LogP contribution is -2.18. The SMILES string of the molecule is O=C(NN=Cc1cc(Cl)c(OCc2ccc(Cl)cc2)c(Cl)c1)c1cccnc1Cl. The van der Waals surface area contributed by atoms with E-state index >= 15 is 0 Å². The Hall–Kier alpha value is -2.31. The number of halogens is 4. The maximum Gasteiger partial charge on any atom is 0.274 e. The van der Waals surface area contributed by atoms with Crippen LogP contribution in [0.15, 0.2) is 59.8 Å². The van der Waals surface area contributed by atoms with E-state index in [1.54, 1.807) is 36.4 Å². The Morgan fingerprint density at radius 3 is 2.41 bits per heavy atom. The fraction of sp³-hybridized carbons (Fsp3) is 0.0500. The van der Waals surface area contributed by atoms with Crippen LogP contribution in [-0.2, 0) is 6.61 Å². The smallest absolute Gasteiger partial charge is 0.274 e. The van der Waals surface area contributed by atoms with Crippen molar-refractivity contribution in [2.45, 2.75) is 6.61 Å². The summed E-state index contributed by atoms with van der Waals surface area (Å²) >= 11 is 24.3. The molecule has 0 aliphatic heterocycles. The number of nitrogens with one attached hydrogen (secondary N) is 1. The summed E-state index contributed by atoms with van der Waals surface area (Å²) in [5, 5.41) is 5.26. The molecule has 3 rings (SSSR count). The molecule has 3 aromatic rings. The summed E-state index contributed by atoms with van der Waals surface area (Å²) in [4.78, 5) is 15.9. The second-order valence-corrected chi connectivity index (χ2v) is 7.38. The lowest BCUT2D eigenvalue weighted by molar-refractivity contribution is 0.0955. The summed E-state index contributed by atoms with van der Waals surface area (Å²) in [6.07, 6.45) is 2.89. The zero-order chi connectivity index (χ0) is 20.8. The average Bonchev–Trinajstić information content (AvgIpc) is 2.69. The van der Waals surface area contributed by atoms with Gasteiger partial charge in [-0.3, -0.25) is 4.79 Å². The molecule has 0 radical (unpaired) electrons. The molecule has 1 amide bonds. The highest BCUT2D eigenvalue weighted by Gasteiger charge is 2.11. The summed E-state index contributed by atoms with van der Waals surface area (Å²) in [5.41, 5.74) is 4.09. The lowest BCUT2D eigenvalue weighted by Gasteiger charge is -2.11. The Balaban J connectivity index is 1.65. The van der Waals surface area contributed by atoms with E-state index in [4.69, 9.17) is 51.1 Å². The Labute approximate surface area is 187 Å². The van der Waals surface area contributed by atoms with Crippen molar-refractivity contribution in [3.63, 3.8) is 0 Å². The second kappa shape index (κ2) is 9.94. The minimum Gasteiger partial charge on any atom is -0.486 e. The van der Waals surface area contributed by atoms with Crippen LogP contribution < -0.4 is 10.2 Å². The van der Waals surface area contributed by atoms with Crippen LogP contribution in [0.4, 0.5) is 0 Å². The van der Waals surface area contributed by atoms with Gasteiger partial charge in [0.15, 0.2) is 5.75 Å². The van der Waals surface area contributed by atoms with Crippen molar-refractivity contribution in [2.24, 2.45) is 5.10 Å². The minimum absolute atomic E-state index is 0.0912. The van der Waals surface area contributed by atoms with Crippen LogP contribution in [0.25, 0.3) is 0 Å². The molecule has 0 bridgehead atoms. The highest BCUT2D eigenvalue weighted by atomic mass is 35.5. The van der Waals surface area contributed by atoms with Gasteiger partial charge in [-0.15, -0.1) is 0 Å². The van der Waals surface area contributed by atoms with Gasteiger partial charge in [0.05, 0.1) is 21.8 Å². The standard InChI is InChI=1S/C20H13Cl4N3O2/c21-14-5-3-12(4-6-14)11-29-18-16(22)8-13(9-17(18)23)10-26-27-20(28)15-2-1-7-25-19(15)24/h1-10H,11H2,(H,27,28). The van der Waals surface area contributed by atoms with Gasteiger partial charge in [0, 0.05) is 11.2 Å². The first-order valence-electron chi connectivity index (χ1n) is 8.24. The molecule has 1 heterocycles. The fourth-order valence-corrected chi connectivity index (χ4v) is 3.25. The van der Waals surface area contributed by atoms with Crippen LogP contribution in [0.5, 0.6) is 5.75 Å². The largest absolute Gasteiger partial charge is 0.486 e. The molecule has 0 saturated heterocycles. The molecule has 148 valence electrons. The molecule has 2 aromatic carbocycles. The number of benzene rings is 2. The Morgan fingerprint density at radius 2 is 1.76 bits per heavy atom. The molecular formula is C20H13Cl4N3O2. The molecule has 0 aliphatic rings. The first-order valence-corrected chi connectivity index (χ1v) is 9.75. The van der Waals surface area contributed by atoms with Crippen molar-refractivity contribution in [1.29, 1.82) is 0 Å². The van der Waals surface area contributed by atoms with Crippen LogP contribution in [0, 0.1) is 0 Å². The normalized spacial score (nSPS) is 10.9. The van der Waals surface area contributed by atoms with Gasteiger partial charge in [-0.2, -0.15) is 5.10 Å². The van der Waals surface area contributed by atoms with Crippen LogP contribution >= 0.6 is 46.4 Å². The lowest BCUT2D eigenvalue weighted by atomic mass is 10.2. The van der Waals surface area contributed by atoms with Gasteiger partial charge in [-0.25, -0.2) is 10.4 Å². The average molecular weight is 469 g/mol. The molecule has 0 saturated carbocycles. The van der Waals surface area contributed by atoms with E-state index in [1.807, 2.05) is 12.1 Å². The third-order valence-corrected chi connectivity index (χ3v) is 4.82. The molecule has 29 heavy (non-hydrogen) atoms. The number of carbonyl (C=O) groups is 1. The Kier molecular flexibility index (Phi) is 7.34. The van der Waals surface area contributed by atoms with Crippen molar-refractivity contribution < 1.29 is 9.53 Å². The fourth-order valence-electron chi connectivity index (χ4n) is 2.31. The van der Waals surface area contributed by atoms with Gasteiger partial charge in [0.2, 0.25) is 0 Å². The van der Waals surface area contributed by atoms with Crippen molar-refractivity contribution in [2.75, 3.05) is 0 Å². The van der Waals surface area contributed by atoms with Crippen molar-refractivity contribution in [3.8, 4) is 5.75 Å². The highest BCUT2D eigenvalue weighted by molar-refractivity contribution is 6.37. The monoisotopic (exact) mass is 467 g/mol. The van der Waals surface area contributed by atoms with Crippen molar-refractivity contribution in [3.05, 3.63) is 91.6 Å².